The Morgan fingerprint density at radius 1 is 1.23 bits per heavy atom. The van der Waals surface area contributed by atoms with Crippen molar-refractivity contribution in [1.82, 2.24) is 0 Å². The lowest BCUT2D eigenvalue weighted by Gasteiger charge is -2.31. The summed E-state index contributed by atoms with van der Waals surface area (Å²) in [7, 11) is 0. The molecule has 4 rings (SSSR count). The summed E-state index contributed by atoms with van der Waals surface area (Å²) in [5, 5.41) is 9.75. The van der Waals surface area contributed by atoms with Crippen LogP contribution in [0.15, 0.2) is 18.2 Å². The maximum absolute atomic E-state index is 13.1. The number of rotatable bonds is 1. The van der Waals surface area contributed by atoms with E-state index in [1.807, 2.05) is 0 Å². The number of nitrogens with zero attached hydrogens (tertiary/aromatic N) is 1. The number of aliphatic hydroxyl groups excluding tert-OH is 1. The molecule has 3 fully saturated rings. The van der Waals surface area contributed by atoms with Crippen LogP contribution in [0.2, 0.25) is 5.02 Å². The largest absolute Gasteiger partial charge is 0.417 e. The van der Waals surface area contributed by atoms with E-state index < -0.39 is 57.7 Å². The molecule has 1 aromatic carbocycles. The molecule has 5 nitrogen and oxygen atoms in total. The van der Waals surface area contributed by atoms with E-state index in [4.69, 9.17) is 16.3 Å². The highest BCUT2D eigenvalue weighted by atomic mass is 35.5. The van der Waals surface area contributed by atoms with Crippen LogP contribution >= 0.6 is 11.6 Å². The Kier molecular flexibility index (Phi) is 3.41. The van der Waals surface area contributed by atoms with Gasteiger partial charge in [-0.3, -0.25) is 9.59 Å². The van der Waals surface area contributed by atoms with Gasteiger partial charge in [0.05, 0.1) is 39.8 Å². The fourth-order valence-electron chi connectivity index (χ4n) is 4.65. The van der Waals surface area contributed by atoms with Gasteiger partial charge in [0.25, 0.3) is 0 Å². The number of hydrogen-bond donors (Lipinski definition) is 1. The Morgan fingerprint density at radius 2 is 1.85 bits per heavy atom. The predicted molar refractivity (Wildman–Crippen MR) is 84.4 cm³/mol. The number of amides is 2. The first-order chi connectivity index (χ1) is 11.9. The summed E-state index contributed by atoms with van der Waals surface area (Å²) in [4.78, 5) is 26.6. The molecule has 140 valence electrons. The zero-order valence-electron chi connectivity index (χ0n) is 13.8. The lowest BCUT2D eigenvalue weighted by atomic mass is 9.67. The monoisotopic (exact) mass is 389 g/mol. The lowest BCUT2D eigenvalue weighted by Crippen LogP contribution is -2.49. The van der Waals surface area contributed by atoms with E-state index >= 15 is 0 Å². The summed E-state index contributed by atoms with van der Waals surface area (Å²) in [5.74, 6) is -3.06. The minimum absolute atomic E-state index is 0.186. The number of fused-ring (bicyclic) bond motifs is 5. The van der Waals surface area contributed by atoms with Gasteiger partial charge in [0, 0.05) is 6.42 Å². The maximum atomic E-state index is 13.1. The summed E-state index contributed by atoms with van der Waals surface area (Å²) >= 11 is 5.61. The molecule has 0 saturated carbocycles. The van der Waals surface area contributed by atoms with Gasteiger partial charge in [-0.25, -0.2) is 4.90 Å². The van der Waals surface area contributed by atoms with Crippen molar-refractivity contribution >= 4 is 29.1 Å². The Labute approximate surface area is 151 Å². The highest BCUT2D eigenvalue weighted by Crippen LogP contribution is 2.61. The van der Waals surface area contributed by atoms with Gasteiger partial charge in [-0.1, -0.05) is 11.6 Å². The summed E-state index contributed by atoms with van der Waals surface area (Å²) in [6, 6.07) is 2.92. The standard InChI is InChI=1S/C17H15ClF3NO4/c1-15-6-10(23)16(2,26-15)12-11(15)13(24)22(14(12)25)7-3-4-9(18)8(5-7)17(19,20)21/h3-5,10-12,23H,6H2,1-2H3/t10?,11?,12-,15?,16?/m1/s1. The molecule has 2 bridgehead atoms. The van der Waals surface area contributed by atoms with Crippen LogP contribution in [0.3, 0.4) is 0 Å². The number of hydrogen-bond acceptors (Lipinski definition) is 4. The number of imide groups is 1. The Bertz CT molecular complexity index is 844. The second-order valence-electron chi connectivity index (χ2n) is 7.45. The third-order valence-corrected chi connectivity index (χ3v) is 6.14. The van der Waals surface area contributed by atoms with Gasteiger partial charge in [-0.2, -0.15) is 13.2 Å². The van der Waals surface area contributed by atoms with Crippen molar-refractivity contribution < 1.29 is 32.6 Å². The first-order valence-electron chi connectivity index (χ1n) is 8.03. The molecule has 1 aromatic rings. The van der Waals surface area contributed by atoms with Crippen molar-refractivity contribution in [2.45, 2.75) is 43.8 Å². The lowest BCUT2D eigenvalue weighted by molar-refractivity contribution is -0.138. The fourth-order valence-corrected chi connectivity index (χ4v) is 4.87. The minimum atomic E-state index is -4.72. The van der Waals surface area contributed by atoms with E-state index in [2.05, 4.69) is 0 Å². The van der Waals surface area contributed by atoms with Gasteiger partial charge in [-0.05, 0) is 32.0 Å². The zero-order chi connectivity index (χ0) is 19.2. The van der Waals surface area contributed by atoms with E-state index in [0.717, 1.165) is 11.0 Å². The molecule has 26 heavy (non-hydrogen) atoms. The van der Waals surface area contributed by atoms with E-state index in [1.54, 1.807) is 13.8 Å². The molecule has 3 saturated heterocycles. The van der Waals surface area contributed by atoms with Crippen LogP contribution in [0.25, 0.3) is 0 Å². The summed E-state index contributed by atoms with van der Waals surface area (Å²) in [6.07, 6.45) is -5.46. The molecule has 0 aromatic heterocycles. The van der Waals surface area contributed by atoms with Crippen LogP contribution < -0.4 is 4.90 Å². The SMILES string of the molecule is CC12CC(O)C(C)(O1)[C@H]1C(=O)N(c3ccc(Cl)c(C(F)(F)F)c3)C(=O)C12. The van der Waals surface area contributed by atoms with E-state index in [-0.39, 0.29) is 12.1 Å². The number of halogens is 4. The first-order valence-corrected chi connectivity index (χ1v) is 8.41. The molecule has 5 atom stereocenters. The molecular formula is C17H15ClF3NO4. The Hall–Kier alpha value is -1.64. The fraction of sp³-hybridized carbons (Fsp3) is 0.529. The normalized spacial score (nSPS) is 39.0. The van der Waals surface area contributed by atoms with Gasteiger partial charge >= 0.3 is 6.18 Å². The van der Waals surface area contributed by atoms with E-state index in [0.29, 0.717) is 6.07 Å². The van der Waals surface area contributed by atoms with Crippen LogP contribution in [0.1, 0.15) is 25.8 Å². The first kappa shape index (κ1) is 17.8. The molecule has 9 heteroatoms. The third kappa shape index (κ3) is 2.06. The van der Waals surface area contributed by atoms with Crippen molar-refractivity contribution in [1.29, 1.82) is 0 Å². The highest BCUT2D eigenvalue weighted by Gasteiger charge is 2.75. The second-order valence-corrected chi connectivity index (χ2v) is 7.85. The van der Waals surface area contributed by atoms with Crippen LogP contribution in [0, 0.1) is 11.8 Å². The molecular weight excluding hydrogens is 375 g/mol. The van der Waals surface area contributed by atoms with E-state index in [9.17, 15) is 27.9 Å². The molecule has 3 aliphatic heterocycles. The Morgan fingerprint density at radius 3 is 2.46 bits per heavy atom. The van der Waals surface area contributed by atoms with Crippen molar-refractivity contribution in [3.63, 3.8) is 0 Å². The molecule has 4 unspecified atom stereocenters. The molecule has 2 amide bonds. The molecule has 3 heterocycles. The van der Waals surface area contributed by atoms with Gasteiger partial charge in [0.15, 0.2) is 0 Å². The zero-order valence-corrected chi connectivity index (χ0v) is 14.6. The second kappa shape index (κ2) is 4.99. The molecule has 0 aliphatic carbocycles. The highest BCUT2D eigenvalue weighted by molar-refractivity contribution is 6.31. The topological polar surface area (TPSA) is 66.8 Å². The average Bonchev–Trinajstić information content (AvgIpc) is 3.01. The number of benzene rings is 1. The smallest absolute Gasteiger partial charge is 0.390 e. The van der Waals surface area contributed by atoms with Gasteiger partial charge in [-0.15, -0.1) is 0 Å². The Balaban J connectivity index is 1.80. The van der Waals surface area contributed by atoms with Gasteiger partial charge in [0.2, 0.25) is 11.8 Å². The van der Waals surface area contributed by atoms with Crippen LogP contribution in [-0.2, 0) is 20.5 Å². The number of anilines is 1. The number of ether oxygens (including phenoxy) is 1. The number of aliphatic hydroxyl groups is 1. The average molecular weight is 390 g/mol. The van der Waals surface area contributed by atoms with Gasteiger partial charge in [0.1, 0.15) is 5.60 Å². The molecule has 0 spiro atoms. The summed E-state index contributed by atoms with van der Waals surface area (Å²) in [6.45, 7) is 3.20. The van der Waals surface area contributed by atoms with Crippen molar-refractivity contribution in [3.05, 3.63) is 28.8 Å². The summed E-state index contributed by atoms with van der Waals surface area (Å²) in [5.41, 5.74) is -3.57. The quantitative estimate of drug-likeness (QED) is 0.750. The summed E-state index contributed by atoms with van der Waals surface area (Å²) < 4.78 is 45.2. The van der Waals surface area contributed by atoms with E-state index in [1.165, 1.54) is 6.07 Å². The number of alkyl halides is 3. The van der Waals surface area contributed by atoms with Crippen molar-refractivity contribution in [2.24, 2.45) is 11.8 Å². The molecule has 0 radical (unpaired) electrons. The van der Waals surface area contributed by atoms with Gasteiger partial charge < -0.3 is 9.84 Å². The van der Waals surface area contributed by atoms with Crippen molar-refractivity contribution in [3.8, 4) is 0 Å². The van der Waals surface area contributed by atoms with Crippen molar-refractivity contribution in [2.75, 3.05) is 4.90 Å². The maximum Gasteiger partial charge on any atom is 0.417 e. The third-order valence-electron chi connectivity index (χ3n) is 5.81. The van der Waals surface area contributed by atoms with Crippen LogP contribution in [-0.4, -0.2) is 34.2 Å². The van der Waals surface area contributed by atoms with Crippen LogP contribution in [0.4, 0.5) is 18.9 Å². The molecule has 1 N–H and O–H groups in total. The van der Waals surface area contributed by atoms with Crippen LogP contribution in [0.5, 0.6) is 0 Å². The number of carbonyl (C=O) groups is 2. The number of carbonyl (C=O) groups excluding carboxylic acids is 2. The minimum Gasteiger partial charge on any atom is -0.390 e. The molecule has 3 aliphatic rings. The predicted octanol–water partition coefficient (Wildman–Crippen LogP) is 2.78.